The van der Waals surface area contributed by atoms with Crippen LogP contribution >= 0.6 is 0 Å². The molecule has 3 aromatic heterocycles. The number of carbonyl (C=O) groups is 1. The number of hydrogen-bond donors (Lipinski definition) is 2. The number of pyridine rings is 2. The number of nitrogens with one attached hydrogen (secondary N) is 2. The summed E-state index contributed by atoms with van der Waals surface area (Å²) in [5.41, 5.74) is 5.00. The molecule has 1 saturated heterocycles. The van der Waals surface area contributed by atoms with Crippen LogP contribution in [0.15, 0.2) is 48.8 Å². The number of H-pyrrole nitrogens is 1. The van der Waals surface area contributed by atoms with Crippen LogP contribution in [0.2, 0.25) is 0 Å². The topological polar surface area (TPSA) is 99.3 Å². The minimum atomic E-state index is -0.287. The molecule has 1 aromatic carbocycles. The Labute approximate surface area is 204 Å². The van der Waals surface area contributed by atoms with Gasteiger partial charge in [-0.3, -0.25) is 9.78 Å². The first kappa shape index (κ1) is 22.8. The predicted octanol–water partition coefficient (Wildman–Crippen LogP) is 3.73. The van der Waals surface area contributed by atoms with E-state index in [1.54, 1.807) is 24.5 Å². The lowest BCUT2D eigenvalue weighted by molar-refractivity contribution is 0.102. The van der Waals surface area contributed by atoms with Gasteiger partial charge >= 0.3 is 0 Å². The van der Waals surface area contributed by atoms with Gasteiger partial charge in [0.15, 0.2) is 5.65 Å². The maximum absolute atomic E-state index is 13.2. The number of amides is 1. The van der Waals surface area contributed by atoms with Crippen molar-refractivity contribution in [3.8, 4) is 17.1 Å². The van der Waals surface area contributed by atoms with Gasteiger partial charge in [0.05, 0.1) is 23.9 Å². The molecule has 5 rings (SSSR count). The summed E-state index contributed by atoms with van der Waals surface area (Å²) in [6.45, 7) is 8.43. The molecule has 2 N–H and O–H groups in total. The van der Waals surface area contributed by atoms with E-state index in [2.05, 4.69) is 66.4 Å². The molecule has 0 bridgehead atoms. The first-order chi connectivity index (χ1) is 17.0. The first-order valence-corrected chi connectivity index (χ1v) is 11.8. The van der Waals surface area contributed by atoms with Gasteiger partial charge in [-0.2, -0.15) is 0 Å². The fraction of sp³-hybridized carbons (Fsp3) is 0.308. The van der Waals surface area contributed by atoms with E-state index in [1.807, 2.05) is 13.8 Å². The quantitative estimate of drug-likeness (QED) is 0.442. The lowest BCUT2D eigenvalue weighted by Crippen LogP contribution is -2.44. The van der Waals surface area contributed by atoms with Crippen molar-refractivity contribution in [2.45, 2.75) is 13.8 Å². The van der Waals surface area contributed by atoms with Crippen LogP contribution in [0.5, 0.6) is 5.75 Å². The maximum Gasteiger partial charge on any atom is 0.258 e. The number of aromatic amines is 1. The normalized spacial score (nSPS) is 14.3. The van der Waals surface area contributed by atoms with Crippen LogP contribution in [0.4, 0.5) is 11.4 Å². The lowest BCUT2D eigenvalue weighted by atomic mass is 10.1. The number of rotatable bonds is 6. The number of aryl methyl sites for hydroxylation is 1. The van der Waals surface area contributed by atoms with E-state index < -0.39 is 0 Å². The second kappa shape index (κ2) is 9.71. The zero-order valence-corrected chi connectivity index (χ0v) is 20.2. The Morgan fingerprint density at radius 2 is 1.89 bits per heavy atom. The van der Waals surface area contributed by atoms with Gasteiger partial charge in [-0.05, 0) is 51.2 Å². The summed E-state index contributed by atoms with van der Waals surface area (Å²) in [5, 5.41) is 2.92. The molecular formula is C26H29N7O2. The average Bonchev–Trinajstić information content (AvgIpc) is 3.31. The van der Waals surface area contributed by atoms with Crippen molar-refractivity contribution < 1.29 is 9.53 Å². The Bertz CT molecular complexity index is 1340. The van der Waals surface area contributed by atoms with E-state index >= 15 is 0 Å². The highest BCUT2D eigenvalue weighted by atomic mass is 16.5. The second-order valence-electron chi connectivity index (χ2n) is 8.69. The summed E-state index contributed by atoms with van der Waals surface area (Å²) in [7, 11) is 2.15. The molecule has 180 valence electrons. The van der Waals surface area contributed by atoms with E-state index in [4.69, 9.17) is 4.74 Å². The zero-order chi connectivity index (χ0) is 24.4. The number of carbonyl (C=O) groups excluding carboxylic acids is 1. The summed E-state index contributed by atoms with van der Waals surface area (Å²) in [4.78, 5) is 34.5. The van der Waals surface area contributed by atoms with Crippen molar-refractivity contribution in [1.82, 2.24) is 24.8 Å². The van der Waals surface area contributed by atoms with Crippen LogP contribution in [-0.2, 0) is 0 Å². The molecule has 1 amide bonds. The van der Waals surface area contributed by atoms with E-state index in [0.717, 1.165) is 37.4 Å². The average molecular weight is 472 g/mol. The fourth-order valence-electron chi connectivity index (χ4n) is 4.22. The molecule has 4 heterocycles. The van der Waals surface area contributed by atoms with Crippen molar-refractivity contribution in [3.63, 3.8) is 0 Å². The highest BCUT2D eigenvalue weighted by molar-refractivity contribution is 6.11. The molecule has 1 aliphatic heterocycles. The van der Waals surface area contributed by atoms with Gasteiger partial charge in [0.25, 0.3) is 5.91 Å². The van der Waals surface area contributed by atoms with Gasteiger partial charge in [-0.15, -0.1) is 0 Å². The summed E-state index contributed by atoms with van der Waals surface area (Å²) in [6.07, 6.45) is 3.20. The maximum atomic E-state index is 13.2. The Kier molecular flexibility index (Phi) is 6.33. The number of nitrogens with zero attached hydrogens (tertiary/aromatic N) is 5. The molecule has 0 saturated carbocycles. The number of hydrogen-bond acceptors (Lipinski definition) is 7. The van der Waals surface area contributed by atoms with Gasteiger partial charge in [-0.1, -0.05) is 0 Å². The molecule has 0 radical (unpaired) electrons. The zero-order valence-electron chi connectivity index (χ0n) is 20.2. The number of benzene rings is 1. The summed E-state index contributed by atoms with van der Waals surface area (Å²) in [6, 6.07) is 11.8. The van der Waals surface area contributed by atoms with Crippen molar-refractivity contribution in [3.05, 3.63) is 60.0 Å². The van der Waals surface area contributed by atoms with Crippen molar-refractivity contribution in [2.75, 3.05) is 50.1 Å². The third kappa shape index (κ3) is 4.81. The van der Waals surface area contributed by atoms with Gasteiger partial charge < -0.3 is 24.8 Å². The van der Waals surface area contributed by atoms with Crippen molar-refractivity contribution >= 4 is 28.4 Å². The van der Waals surface area contributed by atoms with Crippen LogP contribution in [0.3, 0.4) is 0 Å². The Hall–Kier alpha value is -3.98. The van der Waals surface area contributed by atoms with Gasteiger partial charge in [-0.25, -0.2) is 9.97 Å². The molecule has 0 aliphatic carbocycles. The summed E-state index contributed by atoms with van der Waals surface area (Å²) < 4.78 is 5.67. The minimum Gasteiger partial charge on any atom is -0.492 e. The van der Waals surface area contributed by atoms with Crippen LogP contribution in [-0.4, -0.2) is 70.6 Å². The van der Waals surface area contributed by atoms with Gasteiger partial charge in [0.2, 0.25) is 0 Å². The molecule has 9 heteroatoms. The number of fused-ring (bicyclic) bond motifs is 1. The number of imidazole rings is 1. The first-order valence-electron chi connectivity index (χ1n) is 11.8. The second-order valence-corrected chi connectivity index (χ2v) is 8.69. The fourth-order valence-corrected chi connectivity index (χ4v) is 4.22. The van der Waals surface area contributed by atoms with Crippen molar-refractivity contribution in [2.24, 2.45) is 0 Å². The summed E-state index contributed by atoms with van der Waals surface area (Å²) >= 11 is 0. The third-order valence-electron chi connectivity index (χ3n) is 6.20. The van der Waals surface area contributed by atoms with Gasteiger partial charge in [0.1, 0.15) is 17.3 Å². The SMILES string of the molecule is CCOc1cc(C)ncc1NC(=O)c1ccnc2nc(-c3ccc(N4CCN(C)CC4)cc3)[nH]c12. The highest BCUT2D eigenvalue weighted by Crippen LogP contribution is 2.27. The molecule has 0 spiro atoms. The van der Waals surface area contributed by atoms with E-state index in [-0.39, 0.29) is 5.91 Å². The molecule has 4 aromatic rings. The Morgan fingerprint density at radius 1 is 1.11 bits per heavy atom. The molecule has 0 atom stereocenters. The minimum absolute atomic E-state index is 0.287. The number of aromatic nitrogens is 4. The van der Waals surface area contributed by atoms with Gasteiger partial charge in [0, 0.05) is 55.4 Å². The Balaban J connectivity index is 1.39. The molecular weight excluding hydrogens is 442 g/mol. The molecule has 1 fully saturated rings. The number of ether oxygens (including phenoxy) is 1. The molecule has 0 unspecified atom stereocenters. The van der Waals surface area contributed by atoms with Crippen LogP contribution < -0.4 is 15.0 Å². The number of piperazine rings is 1. The molecule has 9 nitrogen and oxygen atoms in total. The molecule has 35 heavy (non-hydrogen) atoms. The Morgan fingerprint density at radius 3 is 2.63 bits per heavy atom. The number of anilines is 2. The monoisotopic (exact) mass is 471 g/mol. The number of likely N-dealkylation sites (N-methyl/N-ethyl adjacent to an activating group) is 1. The largest absolute Gasteiger partial charge is 0.492 e. The smallest absolute Gasteiger partial charge is 0.258 e. The lowest BCUT2D eigenvalue weighted by Gasteiger charge is -2.34. The molecule has 1 aliphatic rings. The predicted molar refractivity (Wildman–Crippen MR) is 137 cm³/mol. The van der Waals surface area contributed by atoms with Crippen LogP contribution in [0, 0.1) is 6.92 Å². The van der Waals surface area contributed by atoms with E-state index in [0.29, 0.717) is 40.6 Å². The van der Waals surface area contributed by atoms with E-state index in [9.17, 15) is 4.79 Å². The van der Waals surface area contributed by atoms with E-state index in [1.165, 1.54) is 5.69 Å². The van der Waals surface area contributed by atoms with Crippen molar-refractivity contribution in [1.29, 1.82) is 0 Å². The third-order valence-corrected chi connectivity index (χ3v) is 6.20. The highest BCUT2D eigenvalue weighted by Gasteiger charge is 2.18. The summed E-state index contributed by atoms with van der Waals surface area (Å²) in [5.74, 6) is 0.971. The standard InChI is InChI=1S/C26H29N7O2/c1-4-35-22-15-17(2)28-16-21(22)29-26(34)20-9-10-27-25-23(20)30-24(31-25)18-5-7-19(8-6-18)33-13-11-32(3)12-14-33/h5-10,15-16H,4,11-14H2,1-3H3,(H,29,34)(H,27,30,31). The van der Waals surface area contributed by atoms with Crippen LogP contribution in [0.25, 0.3) is 22.6 Å². The van der Waals surface area contributed by atoms with Crippen LogP contribution in [0.1, 0.15) is 23.0 Å².